The number of nitrogens with one attached hydrogen (secondary N) is 2. The molecule has 1 aliphatic rings. The van der Waals surface area contributed by atoms with Gasteiger partial charge in [-0.25, -0.2) is 9.97 Å². The van der Waals surface area contributed by atoms with E-state index in [2.05, 4.69) is 33.8 Å². The summed E-state index contributed by atoms with van der Waals surface area (Å²) in [5.41, 5.74) is 2.41. The number of thiophene rings is 1. The fourth-order valence-electron chi connectivity index (χ4n) is 3.35. The van der Waals surface area contributed by atoms with Gasteiger partial charge in [0.15, 0.2) is 5.76 Å². The lowest BCUT2D eigenvalue weighted by atomic mass is 9.99. The zero-order valence-electron chi connectivity index (χ0n) is 17.1. The van der Waals surface area contributed by atoms with E-state index in [0.717, 1.165) is 34.7 Å². The Labute approximate surface area is 179 Å². The highest BCUT2D eigenvalue weighted by Crippen LogP contribution is 2.35. The molecular formula is C21H25N5O3S. The SMILES string of the molecule is Cc1cc(-c2cnc(NCCNC(=O)C3CCOCC3)nc2-c2ccc(C)s2)on1. The molecule has 1 saturated heterocycles. The van der Waals surface area contributed by atoms with Crippen molar-refractivity contribution in [3.05, 3.63) is 35.0 Å². The standard InChI is InChI=1S/C21H25N5O3S/c1-13-11-17(29-26-13)16-12-24-21(25-19(16)18-4-3-14(2)30-18)23-8-7-22-20(27)15-5-9-28-10-6-15/h3-4,11-12,15H,5-10H2,1-2H3,(H,22,27)(H,23,24,25). The Morgan fingerprint density at radius 2 is 2.07 bits per heavy atom. The van der Waals surface area contributed by atoms with Crippen LogP contribution in [-0.2, 0) is 9.53 Å². The molecule has 2 N–H and O–H groups in total. The highest BCUT2D eigenvalue weighted by atomic mass is 32.1. The number of amides is 1. The minimum atomic E-state index is 0.0494. The molecule has 3 aromatic rings. The number of anilines is 1. The molecule has 1 fully saturated rings. The zero-order valence-corrected chi connectivity index (χ0v) is 17.9. The molecule has 0 spiro atoms. The monoisotopic (exact) mass is 427 g/mol. The molecule has 1 amide bonds. The van der Waals surface area contributed by atoms with E-state index in [0.29, 0.717) is 38.0 Å². The maximum atomic E-state index is 12.2. The average Bonchev–Trinajstić information content (AvgIpc) is 3.40. The molecule has 0 atom stereocenters. The second-order valence-electron chi connectivity index (χ2n) is 7.30. The van der Waals surface area contributed by atoms with Crippen LogP contribution in [0, 0.1) is 19.8 Å². The second kappa shape index (κ2) is 9.36. The van der Waals surface area contributed by atoms with Crippen molar-refractivity contribution in [3.63, 3.8) is 0 Å². The number of hydrogen-bond donors (Lipinski definition) is 2. The van der Waals surface area contributed by atoms with Crippen LogP contribution in [0.5, 0.6) is 0 Å². The van der Waals surface area contributed by atoms with E-state index >= 15 is 0 Å². The maximum absolute atomic E-state index is 12.2. The van der Waals surface area contributed by atoms with Crippen molar-refractivity contribution in [1.82, 2.24) is 20.4 Å². The smallest absolute Gasteiger partial charge is 0.223 e. The van der Waals surface area contributed by atoms with Crippen LogP contribution >= 0.6 is 11.3 Å². The van der Waals surface area contributed by atoms with Gasteiger partial charge < -0.3 is 19.9 Å². The molecule has 0 unspecified atom stereocenters. The summed E-state index contributed by atoms with van der Waals surface area (Å²) in [5.74, 6) is 1.29. The Morgan fingerprint density at radius 3 is 2.77 bits per heavy atom. The summed E-state index contributed by atoms with van der Waals surface area (Å²) in [6.07, 6.45) is 3.32. The van der Waals surface area contributed by atoms with Crippen LogP contribution in [0.3, 0.4) is 0 Å². The normalized spacial score (nSPS) is 14.6. The predicted molar refractivity (Wildman–Crippen MR) is 115 cm³/mol. The first-order valence-corrected chi connectivity index (χ1v) is 10.9. The number of hydrogen-bond acceptors (Lipinski definition) is 8. The molecule has 3 aromatic heterocycles. The molecule has 8 nitrogen and oxygen atoms in total. The van der Waals surface area contributed by atoms with Crippen molar-refractivity contribution < 1.29 is 14.1 Å². The van der Waals surface area contributed by atoms with E-state index in [1.807, 2.05) is 19.1 Å². The molecule has 9 heteroatoms. The van der Waals surface area contributed by atoms with Gasteiger partial charge in [-0.05, 0) is 38.8 Å². The first-order chi connectivity index (χ1) is 14.6. The van der Waals surface area contributed by atoms with Crippen LogP contribution in [0.15, 0.2) is 28.9 Å². The first kappa shape index (κ1) is 20.5. The van der Waals surface area contributed by atoms with Crippen LogP contribution in [0.25, 0.3) is 21.9 Å². The van der Waals surface area contributed by atoms with Crippen molar-refractivity contribution in [3.8, 4) is 21.9 Å². The van der Waals surface area contributed by atoms with Gasteiger partial charge in [0.2, 0.25) is 11.9 Å². The number of nitrogens with zero attached hydrogens (tertiary/aromatic N) is 3. The predicted octanol–water partition coefficient (Wildman–Crippen LogP) is 3.43. The van der Waals surface area contributed by atoms with Crippen LogP contribution in [0.4, 0.5) is 5.95 Å². The first-order valence-electron chi connectivity index (χ1n) is 10.1. The van der Waals surface area contributed by atoms with Crippen molar-refractivity contribution in [2.24, 2.45) is 5.92 Å². The van der Waals surface area contributed by atoms with E-state index in [9.17, 15) is 4.79 Å². The van der Waals surface area contributed by atoms with Gasteiger partial charge in [0.1, 0.15) is 0 Å². The molecule has 0 aliphatic carbocycles. The van der Waals surface area contributed by atoms with Gasteiger partial charge in [0, 0.05) is 49.4 Å². The van der Waals surface area contributed by atoms with Crippen LogP contribution in [0.2, 0.25) is 0 Å². The summed E-state index contributed by atoms with van der Waals surface area (Å²) in [4.78, 5) is 23.6. The van der Waals surface area contributed by atoms with Gasteiger partial charge in [-0.1, -0.05) is 5.16 Å². The number of aromatic nitrogens is 3. The highest BCUT2D eigenvalue weighted by molar-refractivity contribution is 7.15. The van der Waals surface area contributed by atoms with E-state index in [-0.39, 0.29) is 11.8 Å². The third kappa shape index (κ3) is 4.85. The largest absolute Gasteiger partial charge is 0.381 e. The van der Waals surface area contributed by atoms with E-state index < -0.39 is 0 Å². The summed E-state index contributed by atoms with van der Waals surface area (Å²) in [5, 5.41) is 10.2. The number of ether oxygens (including phenoxy) is 1. The lowest BCUT2D eigenvalue weighted by Crippen LogP contribution is -2.36. The minimum Gasteiger partial charge on any atom is -0.381 e. The van der Waals surface area contributed by atoms with Crippen LogP contribution < -0.4 is 10.6 Å². The van der Waals surface area contributed by atoms with E-state index in [4.69, 9.17) is 14.2 Å². The molecule has 0 aromatic carbocycles. The number of aryl methyl sites for hydroxylation is 2. The van der Waals surface area contributed by atoms with Gasteiger partial charge in [-0.15, -0.1) is 11.3 Å². The summed E-state index contributed by atoms with van der Waals surface area (Å²) >= 11 is 1.67. The minimum absolute atomic E-state index is 0.0494. The summed E-state index contributed by atoms with van der Waals surface area (Å²) in [7, 11) is 0. The number of carbonyl (C=O) groups excluding carboxylic acids is 1. The van der Waals surface area contributed by atoms with E-state index in [1.54, 1.807) is 17.5 Å². The molecule has 30 heavy (non-hydrogen) atoms. The Kier molecular flexibility index (Phi) is 6.39. The van der Waals surface area contributed by atoms with Gasteiger partial charge in [0.25, 0.3) is 0 Å². The fraction of sp³-hybridized carbons (Fsp3) is 0.429. The third-order valence-corrected chi connectivity index (χ3v) is 5.96. The fourth-order valence-corrected chi connectivity index (χ4v) is 4.22. The third-order valence-electron chi connectivity index (χ3n) is 4.96. The maximum Gasteiger partial charge on any atom is 0.223 e. The van der Waals surface area contributed by atoms with Crippen molar-refractivity contribution in [1.29, 1.82) is 0 Å². The lowest BCUT2D eigenvalue weighted by molar-refractivity contribution is -0.127. The average molecular weight is 428 g/mol. The van der Waals surface area contributed by atoms with Crippen molar-refractivity contribution in [2.45, 2.75) is 26.7 Å². The highest BCUT2D eigenvalue weighted by Gasteiger charge is 2.21. The molecule has 4 heterocycles. The van der Waals surface area contributed by atoms with Gasteiger partial charge in [0.05, 0.1) is 21.8 Å². The zero-order chi connectivity index (χ0) is 20.9. The van der Waals surface area contributed by atoms with Crippen LogP contribution in [-0.4, -0.2) is 47.3 Å². The molecule has 0 bridgehead atoms. The Morgan fingerprint density at radius 1 is 1.23 bits per heavy atom. The Hall–Kier alpha value is -2.78. The molecular weight excluding hydrogens is 402 g/mol. The summed E-state index contributed by atoms with van der Waals surface area (Å²) in [6.45, 7) is 6.31. The molecule has 1 aliphatic heterocycles. The topological polar surface area (TPSA) is 102 Å². The van der Waals surface area contributed by atoms with Crippen molar-refractivity contribution in [2.75, 3.05) is 31.6 Å². The lowest BCUT2D eigenvalue weighted by Gasteiger charge is -2.21. The summed E-state index contributed by atoms with van der Waals surface area (Å²) < 4.78 is 10.7. The quantitative estimate of drug-likeness (QED) is 0.557. The number of carbonyl (C=O) groups is 1. The number of rotatable bonds is 7. The van der Waals surface area contributed by atoms with Gasteiger partial charge >= 0.3 is 0 Å². The molecule has 158 valence electrons. The van der Waals surface area contributed by atoms with Crippen molar-refractivity contribution >= 4 is 23.2 Å². The van der Waals surface area contributed by atoms with Gasteiger partial charge in [-0.3, -0.25) is 4.79 Å². The Bertz CT molecular complexity index is 1010. The van der Waals surface area contributed by atoms with E-state index in [1.165, 1.54) is 4.88 Å². The molecule has 4 rings (SSSR count). The molecule has 0 saturated carbocycles. The van der Waals surface area contributed by atoms with Gasteiger partial charge in [-0.2, -0.15) is 0 Å². The summed E-state index contributed by atoms with van der Waals surface area (Å²) in [6, 6.07) is 5.99. The van der Waals surface area contributed by atoms with Crippen LogP contribution in [0.1, 0.15) is 23.4 Å². The molecule has 0 radical (unpaired) electrons. The Balaban J connectivity index is 1.43. The second-order valence-corrected chi connectivity index (χ2v) is 8.59.